The molecule has 11 heteroatoms. The molecule has 0 saturated heterocycles. The summed E-state index contributed by atoms with van der Waals surface area (Å²) in [4.78, 5) is 16.7. The summed E-state index contributed by atoms with van der Waals surface area (Å²) in [6.45, 7) is 1.56. The second kappa shape index (κ2) is 11.5. The van der Waals surface area contributed by atoms with Crippen LogP contribution in [0.25, 0.3) is 0 Å². The molecule has 1 amide bonds. The maximum atomic E-state index is 14.0. The number of halogens is 2. The van der Waals surface area contributed by atoms with Crippen LogP contribution < -0.4 is 25.4 Å². The Bertz CT molecular complexity index is 1060. The van der Waals surface area contributed by atoms with E-state index in [-0.39, 0.29) is 22.0 Å². The summed E-state index contributed by atoms with van der Waals surface area (Å²) in [7, 11) is 2.84. The summed E-state index contributed by atoms with van der Waals surface area (Å²) < 4.78 is 43.5. The predicted molar refractivity (Wildman–Crippen MR) is 122 cm³/mol. The number of methoxy groups -OCH3 is 2. The van der Waals surface area contributed by atoms with Gasteiger partial charge in [-0.1, -0.05) is 12.2 Å². The van der Waals surface area contributed by atoms with Gasteiger partial charge in [-0.25, -0.2) is 8.78 Å². The minimum Gasteiger partial charge on any atom is -0.492 e. The van der Waals surface area contributed by atoms with Gasteiger partial charge < -0.3 is 30.2 Å². The summed E-state index contributed by atoms with van der Waals surface area (Å²) in [6, 6.07) is 3.55. The lowest BCUT2D eigenvalue weighted by molar-refractivity contribution is -0.117. The van der Waals surface area contributed by atoms with Crippen LogP contribution in [0.15, 0.2) is 41.9 Å². The lowest BCUT2D eigenvalue weighted by Gasteiger charge is -2.24. The molecular formula is C22H24F2N4O4S. The topological polar surface area (TPSA) is 93.7 Å². The molecule has 0 saturated carbocycles. The third kappa shape index (κ3) is 6.14. The maximum absolute atomic E-state index is 14.0. The Kier molecular flexibility index (Phi) is 8.50. The first-order valence-corrected chi connectivity index (χ1v) is 10.5. The van der Waals surface area contributed by atoms with Crippen molar-refractivity contribution < 1.29 is 27.8 Å². The number of ether oxygens (including phenoxy) is 3. The number of thiocarbonyl (C=S) groups is 1. The average Bonchev–Trinajstić information content (AvgIpc) is 2.78. The van der Waals surface area contributed by atoms with Gasteiger partial charge >= 0.3 is 0 Å². The van der Waals surface area contributed by atoms with E-state index < -0.39 is 17.5 Å². The van der Waals surface area contributed by atoms with Gasteiger partial charge in [0, 0.05) is 56.2 Å². The molecule has 3 rings (SSSR count). The average molecular weight is 479 g/mol. The zero-order valence-corrected chi connectivity index (χ0v) is 19.0. The number of aromatic nitrogens is 1. The van der Waals surface area contributed by atoms with Gasteiger partial charge in [0.15, 0.2) is 11.6 Å². The Labute approximate surface area is 195 Å². The first-order valence-electron chi connectivity index (χ1n) is 10.1. The van der Waals surface area contributed by atoms with Crippen LogP contribution >= 0.6 is 12.2 Å². The molecule has 1 aliphatic heterocycles. The summed E-state index contributed by atoms with van der Waals surface area (Å²) in [5.74, 6) is -1.71. The van der Waals surface area contributed by atoms with E-state index >= 15 is 0 Å². The second-order valence-electron chi connectivity index (χ2n) is 6.96. The second-order valence-corrected chi connectivity index (χ2v) is 7.37. The highest BCUT2D eigenvalue weighted by atomic mass is 32.1. The van der Waals surface area contributed by atoms with Crippen LogP contribution in [-0.4, -0.2) is 49.9 Å². The van der Waals surface area contributed by atoms with Gasteiger partial charge in [-0.15, -0.1) is 0 Å². The molecule has 0 aliphatic carbocycles. The third-order valence-corrected chi connectivity index (χ3v) is 5.09. The number of pyridine rings is 1. The molecule has 3 N–H and O–H groups in total. The number of nitrogens with zero attached hydrogens (tertiary/aromatic N) is 1. The normalized spacial score (nSPS) is 13.4. The molecule has 0 spiro atoms. The molecule has 0 fully saturated rings. The predicted octanol–water partition coefficient (Wildman–Crippen LogP) is 2.70. The highest BCUT2D eigenvalue weighted by Crippen LogP contribution is 2.30. The Balaban J connectivity index is 1.82. The molecule has 0 radical (unpaired) electrons. The van der Waals surface area contributed by atoms with Crippen molar-refractivity contribution in [3.05, 3.63) is 59.1 Å². The van der Waals surface area contributed by atoms with Gasteiger partial charge in [-0.3, -0.25) is 9.78 Å². The Morgan fingerprint density at radius 1 is 1.27 bits per heavy atom. The molecule has 0 bridgehead atoms. The van der Waals surface area contributed by atoms with E-state index in [2.05, 4.69) is 20.9 Å². The summed E-state index contributed by atoms with van der Waals surface area (Å²) in [5, 5.41) is 8.71. The molecule has 1 aromatic carbocycles. The first kappa shape index (κ1) is 24.3. The highest BCUT2D eigenvalue weighted by Gasteiger charge is 2.25. The largest absolute Gasteiger partial charge is 0.492 e. The number of benzene rings is 1. The van der Waals surface area contributed by atoms with E-state index in [1.807, 2.05) is 0 Å². The van der Waals surface area contributed by atoms with Crippen LogP contribution in [0, 0.1) is 11.6 Å². The fourth-order valence-corrected chi connectivity index (χ4v) is 3.56. The number of hydrogen-bond donors (Lipinski definition) is 3. The van der Waals surface area contributed by atoms with Crippen molar-refractivity contribution in [1.29, 1.82) is 0 Å². The fraction of sp³-hybridized carbons (Fsp3) is 0.318. The summed E-state index contributed by atoms with van der Waals surface area (Å²) >= 11 is 5.41. The van der Waals surface area contributed by atoms with Crippen molar-refractivity contribution in [1.82, 2.24) is 15.6 Å². The van der Waals surface area contributed by atoms with Gasteiger partial charge in [0.05, 0.1) is 31.2 Å². The van der Waals surface area contributed by atoms with E-state index in [1.165, 1.54) is 7.11 Å². The number of rotatable bonds is 10. The van der Waals surface area contributed by atoms with Crippen molar-refractivity contribution >= 4 is 28.8 Å². The van der Waals surface area contributed by atoms with Crippen LogP contribution in [0.2, 0.25) is 0 Å². The van der Waals surface area contributed by atoms with E-state index in [0.29, 0.717) is 50.2 Å². The maximum Gasteiger partial charge on any atom is 0.256 e. The standard InChI is InChI=1S/C22H24F2N4O4S/c1-30-7-8-32-18-12-25-5-3-13(18)11-27-16-4-6-26-21(29)19(16)22(33)28-17-10-14(23)9-15(24)20(17)31-2/h3,5,9-10,12,27H,4,6-8,11H2,1-2H3,(H,26,29)(H,28,33). The molecule has 0 unspecified atom stereocenters. The summed E-state index contributed by atoms with van der Waals surface area (Å²) in [5.41, 5.74) is 1.57. The Morgan fingerprint density at radius 2 is 2.09 bits per heavy atom. The number of hydrogen-bond acceptors (Lipinski definition) is 7. The van der Waals surface area contributed by atoms with E-state index in [4.69, 9.17) is 26.4 Å². The first-order chi connectivity index (χ1) is 15.9. The van der Waals surface area contributed by atoms with Gasteiger partial charge in [0.2, 0.25) is 0 Å². The Hall–Kier alpha value is -3.31. The SMILES string of the molecule is COCCOc1cnccc1CNC1=C(C(=S)Nc2cc(F)cc(F)c2OC)C(=O)NCC1. The lowest BCUT2D eigenvalue weighted by atomic mass is 10.1. The van der Waals surface area contributed by atoms with Crippen molar-refractivity contribution in [2.24, 2.45) is 0 Å². The molecule has 8 nitrogen and oxygen atoms in total. The monoisotopic (exact) mass is 478 g/mol. The van der Waals surface area contributed by atoms with Gasteiger partial charge in [-0.2, -0.15) is 0 Å². The smallest absolute Gasteiger partial charge is 0.256 e. The van der Waals surface area contributed by atoms with Crippen molar-refractivity contribution in [2.75, 3.05) is 39.3 Å². The number of carbonyl (C=O) groups is 1. The molecule has 176 valence electrons. The fourth-order valence-electron chi connectivity index (χ4n) is 3.24. The highest BCUT2D eigenvalue weighted by molar-refractivity contribution is 7.81. The zero-order valence-electron chi connectivity index (χ0n) is 18.2. The van der Waals surface area contributed by atoms with Gasteiger partial charge in [0.1, 0.15) is 23.2 Å². The van der Waals surface area contributed by atoms with Crippen molar-refractivity contribution in [3.8, 4) is 11.5 Å². The van der Waals surface area contributed by atoms with E-state index in [9.17, 15) is 13.6 Å². The van der Waals surface area contributed by atoms with Gasteiger partial charge in [0.25, 0.3) is 5.91 Å². The van der Waals surface area contributed by atoms with Crippen LogP contribution in [0.3, 0.4) is 0 Å². The van der Waals surface area contributed by atoms with E-state index in [1.54, 1.807) is 25.6 Å². The van der Waals surface area contributed by atoms with Crippen LogP contribution in [0.4, 0.5) is 14.5 Å². The molecule has 2 heterocycles. The van der Waals surface area contributed by atoms with Crippen LogP contribution in [0.5, 0.6) is 11.5 Å². The number of nitrogens with one attached hydrogen (secondary N) is 3. The molecule has 1 aromatic heterocycles. The quantitative estimate of drug-likeness (QED) is 0.355. The molecule has 2 aromatic rings. The van der Waals surface area contributed by atoms with E-state index in [0.717, 1.165) is 11.6 Å². The minimum absolute atomic E-state index is 0.00398. The lowest BCUT2D eigenvalue weighted by Crippen LogP contribution is -2.39. The van der Waals surface area contributed by atoms with Crippen LogP contribution in [-0.2, 0) is 16.1 Å². The zero-order chi connectivity index (χ0) is 23.8. The molecule has 1 aliphatic rings. The summed E-state index contributed by atoms with van der Waals surface area (Å²) in [6.07, 6.45) is 3.73. The van der Waals surface area contributed by atoms with Crippen LogP contribution in [0.1, 0.15) is 12.0 Å². The Morgan fingerprint density at radius 3 is 2.85 bits per heavy atom. The molecule has 33 heavy (non-hydrogen) atoms. The number of carbonyl (C=O) groups excluding carboxylic acids is 1. The molecular weight excluding hydrogens is 454 g/mol. The molecule has 0 atom stereocenters. The number of amides is 1. The third-order valence-electron chi connectivity index (χ3n) is 4.78. The number of anilines is 1. The van der Waals surface area contributed by atoms with Crippen molar-refractivity contribution in [2.45, 2.75) is 13.0 Å². The minimum atomic E-state index is -0.887. The van der Waals surface area contributed by atoms with Crippen molar-refractivity contribution in [3.63, 3.8) is 0 Å². The van der Waals surface area contributed by atoms with Gasteiger partial charge in [-0.05, 0) is 6.07 Å².